The Hall–Kier alpha value is -3.66. The van der Waals surface area contributed by atoms with Gasteiger partial charge >= 0.3 is 0 Å². The number of amides is 1. The van der Waals surface area contributed by atoms with E-state index in [0.717, 1.165) is 23.3 Å². The highest BCUT2D eigenvalue weighted by Gasteiger charge is 2.41. The molecule has 3 heterocycles. The molecule has 1 unspecified atom stereocenters. The molecule has 1 amide bonds. The molecule has 9 nitrogen and oxygen atoms in total. The first kappa shape index (κ1) is 25.4. The minimum atomic E-state index is -4.24. The van der Waals surface area contributed by atoms with E-state index in [1.807, 2.05) is 25.1 Å². The molecule has 4 rings (SSSR count). The topological polar surface area (TPSA) is 128 Å². The summed E-state index contributed by atoms with van der Waals surface area (Å²) in [5.74, 6) is 0.525. The van der Waals surface area contributed by atoms with E-state index in [2.05, 4.69) is 35.4 Å². The van der Waals surface area contributed by atoms with E-state index < -0.39 is 15.9 Å². The minimum Gasteiger partial charge on any atom is -0.496 e. The predicted molar refractivity (Wildman–Crippen MR) is 139 cm³/mol. The summed E-state index contributed by atoms with van der Waals surface area (Å²) in [6.07, 6.45) is 2.30. The number of nitrogens with two attached hydrogens (primary N) is 1. The number of pyridine rings is 2. The maximum Gasteiger partial charge on any atom is 0.268 e. The summed E-state index contributed by atoms with van der Waals surface area (Å²) in [6.45, 7) is 9.00. The number of anilines is 2. The Morgan fingerprint density at radius 1 is 1.22 bits per heavy atom. The molecule has 1 atom stereocenters. The first-order chi connectivity index (χ1) is 17.0. The van der Waals surface area contributed by atoms with Crippen molar-refractivity contribution in [2.45, 2.75) is 44.6 Å². The highest BCUT2D eigenvalue weighted by atomic mass is 32.2. The average Bonchev–Trinajstić information content (AvgIpc) is 3.10. The highest BCUT2D eigenvalue weighted by molar-refractivity contribution is 7.90. The molecule has 1 aromatic carbocycles. The van der Waals surface area contributed by atoms with Crippen LogP contribution in [0.3, 0.4) is 0 Å². The fraction of sp³-hybridized carbons (Fsp3) is 0.346. The molecule has 3 aromatic rings. The van der Waals surface area contributed by atoms with Crippen molar-refractivity contribution in [2.75, 3.05) is 24.3 Å². The van der Waals surface area contributed by atoms with Crippen LogP contribution in [0.15, 0.2) is 53.6 Å². The van der Waals surface area contributed by atoms with Crippen molar-refractivity contribution in [3.8, 4) is 17.0 Å². The van der Waals surface area contributed by atoms with Gasteiger partial charge in [0.1, 0.15) is 22.3 Å². The highest BCUT2D eigenvalue weighted by Crippen LogP contribution is 2.39. The van der Waals surface area contributed by atoms with Gasteiger partial charge < -0.3 is 15.4 Å². The Labute approximate surface area is 211 Å². The predicted octanol–water partition coefficient (Wildman–Crippen LogP) is 3.79. The van der Waals surface area contributed by atoms with Crippen LogP contribution in [0, 0.1) is 12.8 Å². The molecular formula is C26H31N5O4S. The number of nitrogen functional groups attached to an aromatic ring is 1. The van der Waals surface area contributed by atoms with Gasteiger partial charge in [-0.1, -0.05) is 19.1 Å². The second-order valence-corrected chi connectivity index (χ2v) is 11.2. The average molecular weight is 510 g/mol. The van der Waals surface area contributed by atoms with Gasteiger partial charge in [-0.15, -0.1) is 0 Å². The Kier molecular flexibility index (Phi) is 6.66. The second kappa shape index (κ2) is 9.42. The number of methoxy groups -OCH3 is 1. The monoisotopic (exact) mass is 509 g/mol. The molecule has 1 aliphatic heterocycles. The first-order valence-electron chi connectivity index (χ1n) is 11.7. The Morgan fingerprint density at radius 3 is 2.61 bits per heavy atom. The molecule has 0 radical (unpaired) electrons. The van der Waals surface area contributed by atoms with Gasteiger partial charge in [0.25, 0.3) is 15.9 Å². The van der Waals surface area contributed by atoms with Gasteiger partial charge in [-0.25, -0.2) is 23.1 Å². The number of aromatic nitrogens is 2. The summed E-state index contributed by atoms with van der Waals surface area (Å²) >= 11 is 0. The summed E-state index contributed by atoms with van der Waals surface area (Å²) in [7, 11) is -2.63. The van der Waals surface area contributed by atoms with Gasteiger partial charge in [0.05, 0.1) is 18.4 Å². The van der Waals surface area contributed by atoms with Crippen LogP contribution in [0.25, 0.3) is 11.3 Å². The van der Waals surface area contributed by atoms with Gasteiger partial charge in [0.15, 0.2) is 0 Å². The molecule has 36 heavy (non-hydrogen) atoms. The lowest BCUT2D eigenvalue weighted by atomic mass is 9.90. The van der Waals surface area contributed by atoms with Gasteiger partial charge in [0, 0.05) is 23.8 Å². The number of nitrogens with one attached hydrogen (secondary N) is 1. The number of benzene rings is 1. The van der Waals surface area contributed by atoms with Crippen LogP contribution in [0.5, 0.6) is 5.75 Å². The lowest BCUT2D eigenvalue weighted by Gasteiger charge is -2.36. The molecule has 190 valence electrons. The Balaban J connectivity index is 1.80. The molecule has 1 saturated heterocycles. The molecule has 10 heteroatoms. The van der Waals surface area contributed by atoms with Crippen molar-refractivity contribution >= 4 is 27.6 Å². The van der Waals surface area contributed by atoms with E-state index in [-0.39, 0.29) is 21.8 Å². The quantitative estimate of drug-likeness (QED) is 0.514. The molecule has 2 aromatic heterocycles. The SMILES string of the molecule is COc1cc(-c2ccc(C(=O)NS(=O)(=O)c3cccnc3N)c(N3CCC(C)C3(C)C)n2)ccc1C. The number of sulfonamides is 1. The number of carbonyl (C=O) groups excluding carboxylic acids is 1. The van der Waals surface area contributed by atoms with Crippen LogP contribution in [0.1, 0.15) is 43.1 Å². The van der Waals surface area contributed by atoms with Crippen LogP contribution in [0.4, 0.5) is 11.6 Å². The zero-order valence-electron chi connectivity index (χ0n) is 21.1. The summed E-state index contributed by atoms with van der Waals surface area (Å²) in [5, 5.41) is 0. The molecule has 0 spiro atoms. The second-order valence-electron chi connectivity index (χ2n) is 9.57. The molecule has 0 aliphatic carbocycles. The van der Waals surface area contributed by atoms with Crippen LogP contribution in [-0.4, -0.2) is 43.5 Å². The van der Waals surface area contributed by atoms with Crippen LogP contribution >= 0.6 is 0 Å². The van der Waals surface area contributed by atoms with Gasteiger partial charge in [-0.05, 0) is 69.0 Å². The molecule has 1 aliphatic rings. The van der Waals surface area contributed by atoms with Gasteiger partial charge in [-0.2, -0.15) is 0 Å². The Bertz CT molecular complexity index is 1420. The molecule has 3 N–H and O–H groups in total. The normalized spacial score (nSPS) is 17.1. The van der Waals surface area contributed by atoms with Crippen molar-refractivity contribution < 1.29 is 17.9 Å². The van der Waals surface area contributed by atoms with Crippen LogP contribution < -0.4 is 20.1 Å². The van der Waals surface area contributed by atoms with Gasteiger partial charge in [-0.3, -0.25) is 4.79 Å². The lowest BCUT2D eigenvalue weighted by Crippen LogP contribution is -2.43. The standard InChI is InChI=1S/C26H31N5O4S/c1-16-8-9-18(15-21(16)35-5)20-11-10-19(24(29-20)31-14-12-17(2)26(31,3)4)25(32)30-36(33,34)22-7-6-13-28-23(22)27/h6-11,13,15,17H,12,14H2,1-5H3,(H2,27,28)(H,30,32). The molecule has 1 fully saturated rings. The van der Waals surface area contributed by atoms with Crippen LogP contribution in [-0.2, 0) is 10.0 Å². The number of hydrogen-bond acceptors (Lipinski definition) is 8. The lowest BCUT2D eigenvalue weighted by molar-refractivity contribution is 0.0981. The third-order valence-corrected chi connectivity index (χ3v) is 8.46. The zero-order valence-corrected chi connectivity index (χ0v) is 21.9. The number of hydrogen-bond donors (Lipinski definition) is 2. The van der Waals surface area contributed by atoms with E-state index in [1.165, 1.54) is 18.3 Å². The van der Waals surface area contributed by atoms with E-state index in [9.17, 15) is 13.2 Å². The van der Waals surface area contributed by atoms with Crippen molar-refractivity contribution in [1.82, 2.24) is 14.7 Å². The third kappa shape index (κ3) is 4.60. The summed E-state index contributed by atoms with van der Waals surface area (Å²) < 4.78 is 33.5. The largest absolute Gasteiger partial charge is 0.496 e. The van der Waals surface area contributed by atoms with E-state index in [0.29, 0.717) is 24.0 Å². The number of rotatable bonds is 6. The van der Waals surface area contributed by atoms with Gasteiger partial charge in [0.2, 0.25) is 0 Å². The summed E-state index contributed by atoms with van der Waals surface area (Å²) in [4.78, 5) is 23.9. The summed E-state index contributed by atoms with van der Waals surface area (Å²) in [6, 6.07) is 11.9. The zero-order chi connectivity index (χ0) is 26.3. The number of nitrogens with zero attached hydrogens (tertiary/aromatic N) is 3. The Morgan fingerprint density at radius 2 is 1.97 bits per heavy atom. The van der Waals surface area contributed by atoms with Crippen LogP contribution in [0.2, 0.25) is 0 Å². The van der Waals surface area contributed by atoms with Crippen molar-refractivity contribution in [1.29, 1.82) is 0 Å². The number of aryl methyl sites for hydroxylation is 1. The maximum atomic E-state index is 13.4. The minimum absolute atomic E-state index is 0.158. The molecule has 0 saturated carbocycles. The smallest absolute Gasteiger partial charge is 0.268 e. The fourth-order valence-electron chi connectivity index (χ4n) is 4.44. The first-order valence-corrected chi connectivity index (χ1v) is 13.2. The summed E-state index contributed by atoms with van der Waals surface area (Å²) in [5.41, 5.74) is 8.08. The maximum absolute atomic E-state index is 13.4. The van der Waals surface area contributed by atoms with E-state index >= 15 is 0 Å². The number of carbonyl (C=O) groups is 1. The molecule has 0 bridgehead atoms. The van der Waals surface area contributed by atoms with E-state index in [1.54, 1.807) is 19.2 Å². The number of ether oxygens (including phenoxy) is 1. The van der Waals surface area contributed by atoms with Crippen molar-refractivity contribution in [3.05, 3.63) is 59.8 Å². The fourth-order valence-corrected chi connectivity index (χ4v) is 5.49. The third-order valence-electron chi connectivity index (χ3n) is 7.08. The molecular weight excluding hydrogens is 478 g/mol. The van der Waals surface area contributed by atoms with Crippen molar-refractivity contribution in [2.24, 2.45) is 5.92 Å². The van der Waals surface area contributed by atoms with Crippen molar-refractivity contribution in [3.63, 3.8) is 0 Å². The van der Waals surface area contributed by atoms with E-state index in [4.69, 9.17) is 15.5 Å².